The summed E-state index contributed by atoms with van der Waals surface area (Å²) in [4.78, 5) is 12.1. The van der Waals surface area contributed by atoms with E-state index in [0.717, 1.165) is 15.5 Å². The minimum absolute atomic E-state index is 0.0538. The first-order chi connectivity index (χ1) is 10.4. The maximum Gasteiger partial charge on any atom is 0.243 e. The van der Waals surface area contributed by atoms with Crippen molar-refractivity contribution >= 4 is 49.7 Å². The minimum Gasteiger partial charge on any atom is -0.376 e. The maximum atomic E-state index is 11.9. The van der Waals surface area contributed by atoms with Crippen molar-refractivity contribution < 1.29 is 13.2 Å². The predicted octanol–water partition coefficient (Wildman–Crippen LogP) is 2.75. The smallest absolute Gasteiger partial charge is 0.243 e. The summed E-state index contributed by atoms with van der Waals surface area (Å²) in [6, 6.07) is 13.9. The standard InChI is InChI=1S/C15H15IN2O3S/c1-22(20,21)12-6-4-5-11(9-12)17-10-15(19)18-14-8-3-2-7-13(14)16/h2-9,17H,10H2,1H3,(H,18,19). The third-order valence-electron chi connectivity index (χ3n) is 2.86. The topological polar surface area (TPSA) is 75.3 Å². The van der Waals surface area contributed by atoms with Gasteiger partial charge in [0.25, 0.3) is 0 Å². The van der Waals surface area contributed by atoms with Crippen LogP contribution in [-0.4, -0.2) is 27.1 Å². The number of benzene rings is 2. The molecule has 22 heavy (non-hydrogen) atoms. The van der Waals surface area contributed by atoms with E-state index in [1.54, 1.807) is 12.1 Å². The highest BCUT2D eigenvalue weighted by Gasteiger charge is 2.08. The van der Waals surface area contributed by atoms with E-state index in [9.17, 15) is 13.2 Å². The summed E-state index contributed by atoms with van der Waals surface area (Å²) in [6.07, 6.45) is 1.15. The number of carbonyl (C=O) groups is 1. The van der Waals surface area contributed by atoms with Crippen molar-refractivity contribution in [1.82, 2.24) is 0 Å². The van der Waals surface area contributed by atoms with Crippen LogP contribution in [0.4, 0.5) is 11.4 Å². The van der Waals surface area contributed by atoms with E-state index in [2.05, 4.69) is 33.2 Å². The largest absolute Gasteiger partial charge is 0.376 e. The van der Waals surface area contributed by atoms with Crippen molar-refractivity contribution in [3.8, 4) is 0 Å². The average Bonchev–Trinajstić information content (AvgIpc) is 2.47. The van der Waals surface area contributed by atoms with Gasteiger partial charge in [-0.1, -0.05) is 18.2 Å². The van der Waals surface area contributed by atoms with Gasteiger partial charge in [-0.3, -0.25) is 4.79 Å². The molecule has 5 nitrogen and oxygen atoms in total. The lowest BCUT2D eigenvalue weighted by Crippen LogP contribution is -2.22. The molecule has 0 spiro atoms. The highest BCUT2D eigenvalue weighted by molar-refractivity contribution is 14.1. The lowest BCUT2D eigenvalue weighted by Gasteiger charge is -2.09. The van der Waals surface area contributed by atoms with Crippen LogP contribution in [0.1, 0.15) is 0 Å². The first-order valence-corrected chi connectivity index (χ1v) is 9.41. The molecule has 0 fully saturated rings. The lowest BCUT2D eigenvalue weighted by molar-refractivity contribution is -0.114. The van der Waals surface area contributed by atoms with E-state index in [1.165, 1.54) is 12.1 Å². The minimum atomic E-state index is -3.26. The van der Waals surface area contributed by atoms with Crippen molar-refractivity contribution in [1.29, 1.82) is 0 Å². The molecule has 2 aromatic carbocycles. The SMILES string of the molecule is CS(=O)(=O)c1cccc(NCC(=O)Nc2ccccc2I)c1. The second kappa shape index (κ2) is 7.10. The molecule has 2 N–H and O–H groups in total. The Kier molecular flexibility index (Phi) is 5.41. The Morgan fingerprint density at radius 3 is 2.55 bits per heavy atom. The highest BCUT2D eigenvalue weighted by Crippen LogP contribution is 2.17. The van der Waals surface area contributed by atoms with Crippen LogP contribution in [0.25, 0.3) is 0 Å². The zero-order valence-electron chi connectivity index (χ0n) is 11.8. The normalized spacial score (nSPS) is 11.0. The molecule has 0 aliphatic rings. The number of anilines is 2. The fraction of sp³-hybridized carbons (Fsp3) is 0.133. The molecule has 0 aliphatic heterocycles. The van der Waals surface area contributed by atoms with E-state index >= 15 is 0 Å². The first-order valence-electron chi connectivity index (χ1n) is 6.44. The summed E-state index contributed by atoms with van der Waals surface area (Å²) < 4.78 is 23.9. The van der Waals surface area contributed by atoms with E-state index in [0.29, 0.717) is 5.69 Å². The van der Waals surface area contributed by atoms with Crippen molar-refractivity contribution in [2.24, 2.45) is 0 Å². The second-order valence-electron chi connectivity index (χ2n) is 4.68. The Hall–Kier alpha value is -1.61. The van der Waals surface area contributed by atoms with Gasteiger partial charge < -0.3 is 10.6 Å². The van der Waals surface area contributed by atoms with Crippen molar-refractivity contribution in [3.63, 3.8) is 0 Å². The number of carbonyl (C=O) groups excluding carboxylic acids is 1. The summed E-state index contributed by atoms with van der Waals surface area (Å²) in [5.74, 6) is -0.200. The number of amides is 1. The fourth-order valence-corrected chi connectivity index (χ4v) is 2.97. The van der Waals surface area contributed by atoms with Gasteiger partial charge in [0.15, 0.2) is 9.84 Å². The Labute approximate surface area is 143 Å². The summed E-state index contributed by atoms with van der Waals surface area (Å²) in [5.41, 5.74) is 1.33. The van der Waals surface area contributed by atoms with Gasteiger partial charge >= 0.3 is 0 Å². The van der Waals surface area contributed by atoms with Gasteiger partial charge in [0.1, 0.15) is 0 Å². The first kappa shape index (κ1) is 16.8. The number of nitrogens with one attached hydrogen (secondary N) is 2. The van der Waals surface area contributed by atoms with E-state index in [1.807, 2.05) is 24.3 Å². The number of hydrogen-bond acceptors (Lipinski definition) is 4. The van der Waals surface area contributed by atoms with E-state index in [4.69, 9.17) is 0 Å². The van der Waals surface area contributed by atoms with E-state index < -0.39 is 9.84 Å². The summed E-state index contributed by atoms with van der Waals surface area (Å²) in [6.45, 7) is 0.0538. The van der Waals surface area contributed by atoms with Crippen LogP contribution in [0, 0.1) is 3.57 Å². The van der Waals surface area contributed by atoms with Crippen LogP contribution in [0.3, 0.4) is 0 Å². The number of halogens is 1. The molecule has 0 aromatic heterocycles. The molecule has 0 unspecified atom stereocenters. The van der Waals surface area contributed by atoms with Crippen LogP contribution in [0.15, 0.2) is 53.4 Å². The van der Waals surface area contributed by atoms with Gasteiger partial charge in [0, 0.05) is 15.5 Å². The molecule has 1 amide bonds. The number of sulfone groups is 1. The summed E-state index contributed by atoms with van der Waals surface area (Å²) in [7, 11) is -3.26. The van der Waals surface area contributed by atoms with Gasteiger partial charge in [-0.05, 0) is 52.9 Å². The molecule has 116 valence electrons. The third kappa shape index (κ3) is 4.70. The molecule has 2 rings (SSSR count). The number of hydrogen-bond donors (Lipinski definition) is 2. The molecule has 2 aromatic rings. The monoisotopic (exact) mass is 430 g/mol. The molecule has 0 saturated carbocycles. The van der Waals surface area contributed by atoms with Crippen LogP contribution >= 0.6 is 22.6 Å². The highest BCUT2D eigenvalue weighted by atomic mass is 127. The molecule has 0 atom stereocenters. The molecule has 0 saturated heterocycles. The Bertz CT molecular complexity index is 791. The van der Waals surface area contributed by atoms with Gasteiger partial charge in [0.05, 0.1) is 17.1 Å². The van der Waals surface area contributed by atoms with Gasteiger partial charge in [-0.25, -0.2) is 8.42 Å². The third-order valence-corrected chi connectivity index (χ3v) is 4.91. The second-order valence-corrected chi connectivity index (χ2v) is 7.86. The number of rotatable bonds is 5. The summed E-state index contributed by atoms with van der Waals surface area (Å²) in [5, 5.41) is 5.72. The molecule has 0 heterocycles. The van der Waals surface area contributed by atoms with Crippen molar-refractivity contribution in [2.45, 2.75) is 4.90 Å². The predicted molar refractivity (Wildman–Crippen MR) is 95.8 cm³/mol. The van der Waals surface area contributed by atoms with Crippen LogP contribution in [0.5, 0.6) is 0 Å². The van der Waals surface area contributed by atoms with Gasteiger partial charge in [-0.15, -0.1) is 0 Å². The maximum absolute atomic E-state index is 11.9. The van der Waals surface area contributed by atoms with Crippen LogP contribution in [-0.2, 0) is 14.6 Å². The van der Waals surface area contributed by atoms with Gasteiger partial charge in [-0.2, -0.15) is 0 Å². The van der Waals surface area contributed by atoms with Crippen LogP contribution < -0.4 is 10.6 Å². The zero-order valence-corrected chi connectivity index (χ0v) is 14.8. The van der Waals surface area contributed by atoms with Crippen molar-refractivity contribution in [3.05, 3.63) is 52.1 Å². The number of para-hydroxylation sites is 1. The summed E-state index contributed by atoms with van der Waals surface area (Å²) >= 11 is 2.14. The molecule has 0 radical (unpaired) electrons. The molecule has 0 aliphatic carbocycles. The molecular weight excluding hydrogens is 415 g/mol. The Morgan fingerprint density at radius 2 is 1.86 bits per heavy atom. The fourth-order valence-electron chi connectivity index (χ4n) is 1.78. The van der Waals surface area contributed by atoms with Gasteiger partial charge in [0.2, 0.25) is 5.91 Å². The molecule has 0 bridgehead atoms. The Balaban J connectivity index is 1.99. The van der Waals surface area contributed by atoms with Crippen molar-refractivity contribution in [2.75, 3.05) is 23.4 Å². The zero-order chi connectivity index (χ0) is 16.2. The molecule has 7 heteroatoms. The van der Waals surface area contributed by atoms with Crippen LogP contribution in [0.2, 0.25) is 0 Å². The Morgan fingerprint density at radius 1 is 1.14 bits per heavy atom. The van der Waals surface area contributed by atoms with E-state index in [-0.39, 0.29) is 17.3 Å². The average molecular weight is 430 g/mol. The molecular formula is C15H15IN2O3S. The lowest BCUT2D eigenvalue weighted by atomic mass is 10.3. The quantitative estimate of drug-likeness (QED) is 0.716.